The number of rotatable bonds is 6. The van der Waals surface area contributed by atoms with Crippen LogP contribution in [0.25, 0.3) is 10.8 Å². The molecule has 1 fully saturated rings. The summed E-state index contributed by atoms with van der Waals surface area (Å²) in [5.41, 5.74) is 1.86. The van der Waals surface area contributed by atoms with E-state index >= 15 is 0 Å². The van der Waals surface area contributed by atoms with E-state index in [0.717, 1.165) is 12.8 Å². The molecular weight excluding hydrogens is 298 g/mol. The lowest BCUT2D eigenvalue weighted by Crippen LogP contribution is -2.03. The van der Waals surface area contributed by atoms with Crippen LogP contribution in [0.4, 0.5) is 0 Å². The highest BCUT2D eigenvalue weighted by atomic mass is 16.3. The number of carbonyl (C=O) groups excluding carboxylic acids is 1. The molecule has 3 rings (SSSR count). The topological polar surface area (TPSA) is 46.5 Å². The van der Waals surface area contributed by atoms with Gasteiger partial charge in [-0.2, -0.15) is 4.91 Å². The molecule has 0 N–H and O–H groups in total. The van der Waals surface area contributed by atoms with Crippen molar-refractivity contribution in [1.82, 2.24) is 0 Å². The molecule has 0 radical (unpaired) electrons. The zero-order valence-corrected chi connectivity index (χ0v) is 13.7. The monoisotopic (exact) mass is 319 g/mol. The van der Waals surface area contributed by atoms with Crippen molar-refractivity contribution in [2.45, 2.75) is 31.7 Å². The molecule has 0 heterocycles. The first kappa shape index (κ1) is 16.3. The molecule has 1 aliphatic carbocycles. The van der Waals surface area contributed by atoms with E-state index in [1.165, 1.54) is 16.3 Å². The van der Waals surface area contributed by atoms with Gasteiger partial charge in [0.15, 0.2) is 5.78 Å². The first-order valence-corrected chi connectivity index (χ1v) is 8.38. The van der Waals surface area contributed by atoms with Crippen LogP contribution >= 0.6 is 0 Å². The third kappa shape index (κ3) is 3.67. The zero-order chi connectivity index (χ0) is 16.9. The summed E-state index contributed by atoms with van der Waals surface area (Å²) in [6, 6.07) is 14.3. The van der Waals surface area contributed by atoms with E-state index in [1.807, 2.05) is 24.3 Å². The highest BCUT2D eigenvalue weighted by Crippen LogP contribution is 2.28. The van der Waals surface area contributed by atoms with Crippen molar-refractivity contribution >= 4 is 16.6 Å². The Kier molecular flexibility index (Phi) is 4.99. The van der Waals surface area contributed by atoms with Crippen molar-refractivity contribution in [3.63, 3.8) is 0 Å². The minimum Gasteiger partial charge on any atom is -0.295 e. The van der Waals surface area contributed by atoms with Gasteiger partial charge in [0.05, 0.1) is 0 Å². The van der Waals surface area contributed by atoms with Crippen LogP contribution < -0.4 is 0 Å². The Balaban J connectivity index is 1.61. The lowest BCUT2D eigenvalue weighted by Gasteiger charge is -2.08. The van der Waals surface area contributed by atoms with Crippen molar-refractivity contribution in [2.24, 2.45) is 11.1 Å². The van der Waals surface area contributed by atoms with Gasteiger partial charge in [0.1, 0.15) is 6.04 Å². The number of benzene rings is 2. The SMILES string of the molecule is C=C1C(=O)CC[C@@H]1/C=C/C(CCc1ccc2ccccc2c1)N=O. The number of ketones is 1. The first-order valence-electron chi connectivity index (χ1n) is 8.38. The predicted molar refractivity (Wildman–Crippen MR) is 97.9 cm³/mol. The molecule has 0 amide bonds. The minimum absolute atomic E-state index is 0.0717. The molecule has 122 valence electrons. The van der Waals surface area contributed by atoms with Gasteiger partial charge in [0.25, 0.3) is 0 Å². The Bertz CT molecular complexity index is 806. The first-order chi connectivity index (χ1) is 11.7. The van der Waals surface area contributed by atoms with Gasteiger partial charge in [-0.1, -0.05) is 66.4 Å². The smallest absolute Gasteiger partial charge is 0.158 e. The van der Waals surface area contributed by atoms with Crippen molar-refractivity contribution in [2.75, 3.05) is 0 Å². The average molecular weight is 319 g/mol. The Morgan fingerprint density at radius 3 is 2.71 bits per heavy atom. The van der Waals surface area contributed by atoms with Gasteiger partial charge in [0.2, 0.25) is 0 Å². The molecule has 0 aromatic heterocycles. The number of nitrogens with zero attached hydrogens (tertiary/aromatic N) is 1. The fourth-order valence-corrected chi connectivity index (χ4v) is 3.20. The highest BCUT2D eigenvalue weighted by Gasteiger charge is 2.24. The lowest BCUT2D eigenvalue weighted by atomic mass is 9.99. The molecule has 0 aliphatic heterocycles. The molecule has 3 nitrogen and oxygen atoms in total. The van der Waals surface area contributed by atoms with Crippen LogP contribution in [0.2, 0.25) is 0 Å². The van der Waals surface area contributed by atoms with E-state index in [1.54, 1.807) is 0 Å². The van der Waals surface area contributed by atoms with Gasteiger partial charge in [-0.05, 0) is 41.2 Å². The van der Waals surface area contributed by atoms with E-state index in [0.29, 0.717) is 18.4 Å². The second kappa shape index (κ2) is 7.35. The van der Waals surface area contributed by atoms with Crippen molar-refractivity contribution < 1.29 is 4.79 Å². The van der Waals surface area contributed by atoms with Gasteiger partial charge in [-0.3, -0.25) is 4.79 Å². The standard InChI is InChI=1S/C21H21NO2/c1-15-17(10-13-21(15)23)9-12-20(22-24)11-7-16-6-8-18-4-2-3-5-19(18)14-16/h2-6,8-9,12,14,17,20H,1,7,10-11,13H2/b12-9+/t17-,20?/m0/s1. The Morgan fingerprint density at radius 1 is 1.21 bits per heavy atom. The zero-order valence-electron chi connectivity index (χ0n) is 13.7. The van der Waals surface area contributed by atoms with Crippen LogP contribution in [0.15, 0.2) is 71.9 Å². The van der Waals surface area contributed by atoms with Crippen molar-refractivity contribution in [3.05, 3.63) is 77.2 Å². The number of hydrogen-bond acceptors (Lipinski definition) is 3. The molecule has 2 atom stereocenters. The number of Topliss-reactive ketones (excluding diaryl/α,β-unsaturated/α-hetero) is 1. The third-order valence-electron chi connectivity index (χ3n) is 4.73. The van der Waals surface area contributed by atoms with E-state index < -0.39 is 0 Å². The molecule has 0 spiro atoms. The normalized spacial score (nSPS) is 19.2. The minimum atomic E-state index is -0.361. The Morgan fingerprint density at radius 2 is 2.00 bits per heavy atom. The molecule has 0 bridgehead atoms. The Labute approximate surface area is 142 Å². The highest BCUT2D eigenvalue weighted by molar-refractivity contribution is 5.97. The lowest BCUT2D eigenvalue weighted by molar-refractivity contribution is -0.114. The van der Waals surface area contributed by atoms with Crippen LogP contribution in [0.5, 0.6) is 0 Å². The maximum atomic E-state index is 11.5. The molecule has 1 saturated carbocycles. The molecular formula is C21H21NO2. The van der Waals surface area contributed by atoms with Gasteiger partial charge in [0, 0.05) is 12.3 Å². The van der Waals surface area contributed by atoms with Crippen LogP contribution in [0, 0.1) is 10.8 Å². The van der Waals surface area contributed by atoms with Gasteiger partial charge < -0.3 is 0 Å². The summed E-state index contributed by atoms with van der Waals surface area (Å²) in [6.45, 7) is 3.83. The number of carbonyl (C=O) groups is 1. The second-order valence-corrected chi connectivity index (χ2v) is 6.37. The summed E-state index contributed by atoms with van der Waals surface area (Å²) in [7, 11) is 0. The molecule has 1 unspecified atom stereocenters. The van der Waals surface area contributed by atoms with Crippen LogP contribution in [0.1, 0.15) is 24.8 Å². The van der Waals surface area contributed by atoms with Crippen LogP contribution in [0.3, 0.4) is 0 Å². The van der Waals surface area contributed by atoms with E-state index in [4.69, 9.17) is 0 Å². The van der Waals surface area contributed by atoms with E-state index in [-0.39, 0.29) is 17.7 Å². The molecule has 2 aromatic rings. The van der Waals surface area contributed by atoms with Gasteiger partial charge >= 0.3 is 0 Å². The largest absolute Gasteiger partial charge is 0.295 e. The average Bonchev–Trinajstić information content (AvgIpc) is 2.93. The summed E-state index contributed by atoms with van der Waals surface area (Å²) < 4.78 is 0. The fraction of sp³-hybridized carbons (Fsp3) is 0.286. The van der Waals surface area contributed by atoms with Crippen molar-refractivity contribution in [3.8, 4) is 0 Å². The second-order valence-electron chi connectivity index (χ2n) is 6.37. The van der Waals surface area contributed by atoms with Gasteiger partial charge in [-0.25, -0.2) is 0 Å². The quantitative estimate of drug-likeness (QED) is 0.427. The number of nitroso groups, excluding NO2 is 1. The van der Waals surface area contributed by atoms with E-state index in [9.17, 15) is 9.70 Å². The number of hydrogen-bond donors (Lipinski definition) is 0. The fourth-order valence-electron chi connectivity index (χ4n) is 3.20. The summed E-state index contributed by atoms with van der Waals surface area (Å²) in [5, 5.41) is 5.65. The van der Waals surface area contributed by atoms with Crippen LogP contribution in [-0.2, 0) is 11.2 Å². The predicted octanol–water partition coefficient (Wildman–Crippen LogP) is 5.00. The van der Waals surface area contributed by atoms with Crippen LogP contribution in [-0.4, -0.2) is 11.8 Å². The van der Waals surface area contributed by atoms with E-state index in [2.05, 4.69) is 42.1 Å². The maximum absolute atomic E-state index is 11.5. The number of fused-ring (bicyclic) bond motifs is 1. The number of allylic oxidation sites excluding steroid dienone is 2. The van der Waals surface area contributed by atoms with Gasteiger partial charge in [-0.15, -0.1) is 0 Å². The summed E-state index contributed by atoms with van der Waals surface area (Å²) in [6.07, 6.45) is 6.60. The summed E-state index contributed by atoms with van der Waals surface area (Å²) in [4.78, 5) is 22.6. The summed E-state index contributed by atoms with van der Waals surface area (Å²) in [5.74, 6) is 0.207. The summed E-state index contributed by atoms with van der Waals surface area (Å²) >= 11 is 0. The molecule has 3 heteroatoms. The molecule has 2 aromatic carbocycles. The molecule has 24 heavy (non-hydrogen) atoms. The number of aryl methyl sites for hydroxylation is 1. The molecule has 0 saturated heterocycles. The van der Waals surface area contributed by atoms with Crippen molar-refractivity contribution in [1.29, 1.82) is 0 Å². The third-order valence-corrected chi connectivity index (χ3v) is 4.73. The maximum Gasteiger partial charge on any atom is 0.158 e. The molecule has 1 aliphatic rings. The Hall–Kier alpha value is -2.55.